The van der Waals surface area contributed by atoms with Gasteiger partial charge in [0.05, 0.1) is 12.7 Å². The highest BCUT2D eigenvalue weighted by Gasteiger charge is 2.35. The summed E-state index contributed by atoms with van der Waals surface area (Å²) in [6.07, 6.45) is 8.21. The van der Waals surface area contributed by atoms with Crippen molar-refractivity contribution in [3.8, 4) is 0 Å². The molecular formula is C15H20N2O2. The summed E-state index contributed by atoms with van der Waals surface area (Å²) in [4.78, 5) is 18.5. The standard InChI is InChI=1S/C15H20N2O2/c1-19-15(18)12-7-8-16-14(10-12)17-9-3-5-11-4-2-6-13(11)17/h7-8,10-11,13H,2-6,9H2,1H3. The minimum atomic E-state index is -0.288. The highest BCUT2D eigenvalue weighted by Crippen LogP contribution is 2.38. The van der Waals surface area contributed by atoms with E-state index in [1.54, 1.807) is 12.3 Å². The second-order valence-electron chi connectivity index (χ2n) is 5.49. The normalized spacial score (nSPS) is 26.1. The molecule has 2 fully saturated rings. The number of carbonyl (C=O) groups excluding carboxylic acids is 1. The molecule has 0 aromatic carbocycles. The number of nitrogens with zero attached hydrogens (tertiary/aromatic N) is 2. The minimum Gasteiger partial charge on any atom is -0.465 e. The van der Waals surface area contributed by atoms with Gasteiger partial charge >= 0.3 is 5.97 Å². The molecule has 4 heteroatoms. The van der Waals surface area contributed by atoms with Gasteiger partial charge in [0, 0.05) is 18.8 Å². The Bertz CT molecular complexity index is 475. The summed E-state index contributed by atoms with van der Waals surface area (Å²) in [6, 6.07) is 4.20. The van der Waals surface area contributed by atoms with Gasteiger partial charge in [-0.1, -0.05) is 6.42 Å². The lowest BCUT2D eigenvalue weighted by molar-refractivity contribution is 0.0600. The second kappa shape index (κ2) is 5.19. The van der Waals surface area contributed by atoms with Crippen LogP contribution in [0, 0.1) is 5.92 Å². The van der Waals surface area contributed by atoms with Gasteiger partial charge in [0.25, 0.3) is 0 Å². The van der Waals surface area contributed by atoms with Crippen LogP contribution in [-0.4, -0.2) is 30.6 Å². The fourth-order valence-corrected chi connectivity index (χ4v) is 3.56. The monoisotopic (exact) mass is 260 g/mol. The van der Waals surface area contributed by atoms with Crippen LogP contribution in [0.5, 0.6) is 0 Å². The molecule has 1 aromatic rings. The fraction of sp³-hybridized carbons (Fsp3) is 0.600. The molecule has 1 aromatic heterocycles. The Morgan fingerprint density at radius 2 is 2.21 bits per heavy atom. The zero-order chi connectivity index (χ0) is 13.2. The molecule has 3 rings (SSSR count). The van der Waals surface area contributed by atoms with E-state index in [4.69, 9.17) is 4.74 Å². The van der Waals surface area contributed by atoms with E-state index in [1.165, 1.54) is 39.2 Å². The summed E-state index contributed by atoms with van der Waals surface area (Å²) in [5, 5.41) is 0. The summed E-state index contributed by atoms with van der Waals surface area (Å²) in [5.74, 6) is 1.46. The van der Waals surface area contributed by atoms with Crippen molar-refractivity contribution in [1.82, 2.24) is 4.98 Å². The van der Waals surface area contributed by atoms with E-state index in [9.17, 15) is 4.79 Å². The number of piperidine rings is 1. The van der Waals surface area contributed by atoms with Crippen LogP contribution >= 0.6 is 0 Å². The number of aromatic nitrogens is 1. The van der Waals surface area contributed by atoms with Gasteiger partial charge in [-0.3, -0.25) is 0 Å². The molecule has 19 heavy (non-hydrogen) atoms. The van der Waals surface area contributed by atoms with Crippen molar-refractivity contribution in [2.75, 3.05) is 18.6 Å². The van der Waals surface area contributed by atoms with Crippen LogP contribution in [0.1, 0.15) is 42.5 Å². The van der Waals surface area contributed by atoms with Gasteiger partial charge in [0.2, 0.25) is 0 Å². The Kier molecular flexibility index (Phi) is 3.40. The average Bonchev–Trinajstić information content (AvgIpc) is 2.94. The molecule has 0 bridgehead atoms. The molecule has 1 saturated carbocycles. The van der Waals surface area contributed by atoms with Gasteiger partial charge in [-0.2, -0.15) is 0 Å². The maximum Gasteiger partial charge on any atom is 0.338 e. The Morgan fingerprint density at radius 1 is 1.37 bits per heavy atom. The van der Waals surface area contributed by atoms with Crippen LogP contribution in [0.3, 0.4) is 0 Å². The SMILES string of the molecule is COC(=O)c1ccnc(N2CCCC3CCCC32)c1. The number of methoxy groups -OCH3 is 1. The first-order chi connectivity index (χ1) is 9.29. The number of fused-ring (bicyclic) bond motifs is 1. The van der Waals surface area contributed by atoms with Gasteiger partial charge in [0.15, 0.2) is 0 Å². The third kappa shape index (κ3) is 2.31. The Morgan fingerprint density at radius 3 is 3.05 bits per heavy atom. The van der Waals surface area contributed by atoms with E-state index in [0.717, 1.165) is 18.3 Å². The molecule has 0 spiro atoms. The number of pyridine rings is 1. The smallest absolute Gasteiger partial charge is 0.338 e. The van der Waals surface area contributed by atoms with Gasteiger partial charge in [-0.25, -0.2) is 9.78 Å². The van der Waals surface area contributed by atoms with E-state index in [0.29, 0.717) is 11.6 Å². The van der Waals surface area contributed by atoms with Crippen molar-refractivity contribution in [3.05, 3.63) is 23.9 Å². The van der Waals surface area contributed by atoms with Crippen LogP contribution in [-0.2, 0) is 4.74 Å². The van der Waals surface area contributed by atoms with E-state index in [1.807, 2.05) is 6.07 Å². The predicted molar refractivity (Wildman–Crippen MR) is 73.3 cm³/mol. The highest BCUT2D eigenvalue weighted by atomic mass is 16.5. The molecule has 1 aliphatic heterocycles. The number of anilines is 1. The molecule has 1 aliphatic carbocycles. The molecule has 0 radical (unpaired) electrons. The zero-order valence-corrected chi connectivity index (χ0v) is 11.3. The molecular weight excluding hydrogens is 240 g/mol. The van der Waals surface area contributed by atoms with Crippen molar-refractivity contribution >= 4 is 11.8 Å². The molecule has 0 amide bonds. The summed E-state index contributed by atoms with van der Waals surface area (Å²) >= 11 is 0. The van der Waals surface area contributed by atoms with Crippen LogP contribution in [0.2, 0.25) is 0 Å². The van der Waals surface area contributed by atoms with E-state index in [2.05, 4.69) is 9.88 Å². The van der Waals surface area contributed by atoms with Crippen molar-refractivity contribution in [2.45, 2.75) is 38.1 Å². The summed E-state index contributed by atoms with van der Waals surface area (Å²) < 4.78 is 4.78. The Balaban J connectivity index is 1.86. The Labute approximate surface area is 113 Å². The van der Waals surface area contributed by atoms with Crippen molar-refractivity contribution in [1.29, 1.82) is 0 Å². The molecule has 2 aliphatic rings. The molecule has 0 N–H and O–H groups in total. The first-order valence-corrected chi connectivity index (χ1v) is 7.10. The first kappa shape index (κ1) is 12.5. The molecule has 2 heterocycles. The third-order valence-electron chi connectivity index (χ3n) is 4.45. The van der Waals surface area contributed by atoms with E-state index >= 15 is 0 Å². The van der Waals surface area contributed by atoms with Crippen LogP contribution in [0.15, 0.2) is 18.3 Å². The highest BCUT2D eigenvalue weighted by molar-refractivity contribution is 5.90. The molecule has 2 atom stereocenters. The van der Waals surface area contributed by atoms with Crippen LogP contribution in [0.25, 0.3) is 0 Å². The topological polar surface area (TPSA) is 42.4 Å². The lowest BCUT2D eigenvalue weighted by Crippen LogP contribution is -2.43. The average molecular weight is 260 g/mol. The summed E-state index contributed by atoms with van der Waals surface area (Å²) in [6.45, 7) is 1.05. The predicted octanol–water partition coefficient (Wildman–Crippen LogP) is 2.64. The van der Waals surface area contributed by atoms with Gasteiger partial charge < -0.3 is 9.64 Å². The molecule has 102 valence electrons. The zero-order valence-electron chi connectivity index (χ0n) is 11.3. The van der Waals surface area contributed by atoms with Crippen molar-refractivity contribution in [2.24, 2.45) is 5.92 Å². The lowest BCUT2D eigenvalue weighted by atomic mass is 9.92. The van der Waals surface area contributed by atoms with Gasteiger partial charge in [0.1, 0.15) is 5.82 Å². The number of ether oxygens (including phenoxy) is 1. The minimum absolute atomic E-state index is 0.288. The van der Waals surface area contributed by atoms with Crippen LogP contribution < -0.4 is 4.90 Å². The third-order valence-corrected chi connectivity index (χ3v) is 4.45. The molecule has 4 nitrogen and oxygen atoms in total. The van der Waals surface area contributed by atoms with E-state index in [-0.39, 0.29) is 5.97 Å². The summed E-state index contributed by atoms with van der Waals surface area (Å²) in [7, 11) is 1.41. The lowest BCUT2D eigenvalue weighted by Gasteiger charge is -2.38. The maximum atomic E-state index is 11.6. The fourth-order valence-electron chi connectivity index (χ4n) is 3.56. The number of rotatable bonds is 2. The van der Waals surface area contributed by atoms with Crippen molar-refractivity contribution < 1.29 is 9.53 Å². The number of carbonyl (C=O) groups is 1. The molecule has 1 saturated heterocycles. The Hall–Kier alpha value is -1.58. The largest absolute Gasteiger partial charge is 0.465 e. The van der Waals surface area contributed by atoms with Crippen molar-refractivity contribution in [3.63, 3.8) is 0 Å². The van der Waals surface area contributed by atoms with E-state index < -0.39 is 0 Å². The second-order valence-corrected chi connectivity index (χ2v) is 5.49. The van der Waals surface area contributed by atoms with Crippen LogP contribution in [0.4, 0.5) is 5.82 Å². The quantitative estimate of drug-likeness (QED) is 0.767. The number of hydrogen-bond donors (Lipinski definition) is 0. The maximum absolute atomic E-state index is 11.6. The molecule has 2 unspecified atom stereocenters. The number of hydrogen-bond acceptors (Lipinski definition) is 4. The number of esters is 1. The first-order valence-electron chi connectivity index (χ1n) is 7.10. The summed E-state index contributed by atoms with van der Waals surface area (Å²) in [5.41, 5.74) is 0.590. The van der Waals surface area contributed by atoms with Gasteiger partial charge in [-0.05, 0) is 43.7 Å². The van der Waals surface area contributed by atoms with Gasteiger partial charge in [-0.15, -0.1) is 0 Å².